The number of benzene rings is 2. The lowest BCUT2D eigenvalue weighted by molar-refractivity contribution is -0.123. The molecule has 5 rings (SSSR count). The number of thiazole rings is 1. The maximum Gasteiger partial charge on any atom is 0.245 e. The number of fused-ring (bicyclic) bond motifs is 1. The zero-order valence-corrected chi connectivity index (χ0v) is 22.5. The highest BCUT2D eigenvalue weighted by Crippen LogP contribution is 2.37. The smallest absolute Gasteiger partial charge is 0.245 e. The number of nitrogens with zero attached hydrogens (tertiary/aromatic N) is 3. The molecule has 1 atom stereocenters. The molecule has 1 aromatic heterocycles. The first-order chi connectivity index (χ1) is 17.6. The van der Waals surface area contributed by atoms with Crippen LogP contribution in [0.1, 0.15) is 31.2 Å². The van der Waals surface area contributed by atoms with Gasteiger partial charge in [0.05, 0.1) is 27.9 Å². The molecule has 3 aromatic rings. The minimum atomic E-state index is -4.15. The Morgan fingerprint density at radius 2 is 1.97 bits per heavy atom. The highest BCUT2D eigenvalue weighted by Gasteiger charge is 2.37. The van der Waals surface area contributed by atoms with E-state index in [-0.39, 0.29) is 37.9 Å². The van der Waals surface area contributed by atoms with Crippen LogP contribution >= 0.6 is 22.9 Å². The molecule has 0 bridgehead atoms. The van der Waals surface area contributed by atoms with E-state index in [1.807, 2.05) is 19.1 Å². The predicted octanol–water partition coefficient (Wildman–Crippen LogP) is 5.15. The number of hydrogen-bond donors (Lipinski definition) is 0. The molecule has 37 heavy (non-hydrogen) atoms. The van der Waals surface area contributed by atoms with Crippen molar-refractivity contribution >= 4 is 54.2 Å². The van der Waals surface area contributed by atoms with E-state index >= 15 is 0 Å². The van der Waals surface area contributed by atoms with Crippen molar-refractivity contribution in [2.24, 2.45) is 5.92 Å². The standard InChI is InChI=1S/C25H26ClF2N3O4S2/c1-15-4-6-19(26)23-22(15)29-25(36-23)31(14-18-3-2-12-35-18)24(32)16-8-10-30(11-9-16)37(33,34)21-7-5-17(27)13-20(21)28/h4-7,13,16,18H,2-3,8-12,14H2,1H3. The zero-order valence-electron chi connectivity index (χ0n) is 20.1. The number of carbonyl (C=O) groups excluding carboxylic acids is 1. The molecule has 2 aliphatic rings. The number of rotatable bonds is 6. The summed E-state index contributed by atoms with van der Waals surface area (Å²) in [5, 5.41) is 1.11. The van der Waals surface area contributed by atoms with Gasteiger partial charge >= 0.3 is 0 Å². The number of halogens is 3. The number of anilines is 1. The third kappa shape index (κ3) is 5.24. The van der Waals surface area contributed by atoms with E-state index in [1.165, 1.54) is 11.3 Å². The number of ether oxygens (including phenoxy) is 1. The van der Waals surface area contributed by atoms with Crippen LogP contribution in [0.5, 0.6) is 0 Å². The first-order valence-corrected chi connectivity index (χ1v) is 14.7. The number of aromatic nitrogens is 1. The first-order valence-electron chi connectivity index (χ1n) is 12.1. The van der Waals surface area contributed by atoms with Crippen molar-refractivity contribution in [3.63, 3.8) is 0 Å². The van der Waals surface area contributed by atoms with Gasteiger partial charge in [-0.2, -0.15) is 4.31 Å². The minimum Gasteiger partial charge on any atom is -0.376 e. The van der Waals surface area contributed by atoms with Crippen LogP contribution in [0.25, 0.3) is 10.2 Å². The van der Waals surface area contributed by atoms with E-state index in [2.05, 4.69) is 0 Å². The van der Waals surface area contributed by atoms with E-state index in [4.69, 9.17) is 21.3 Å². The molecule has 0 N–H and O–H groups in total. The van der Waals surface area contributed by atoms with Gasteiger partial charge in [-0.3, -0.25) is 9.69 Å². The van der Waals surface area contributed by atoms with Crippen LogP contribution in [0, 0.1) is 24.5 Å². The third-order valence-electron chi connectivity index (χ3n) is 6.91. The molecule has 7 nitrogen and oxygen atoms in total. The van der Waals surface area contributed by atoms with Crippen LogP contribution in [0.3, 0.4) is 0 Å². The van der Waals surface area contributed by atoms with Crippen molar-refractivity contribution in [3.05, 3.63) is 52.6 Å². The van der Waals surface area contributed by atoms with Crippen LogP contribution in [-0.4, -0.2) is 56.0 Å². The monoisotopic (exact) mass is 569 g/mol. The van der Waals surface area contributed by atoms with Gasteiger partial charge in [-0.15, -0.1) is 0 Å². The summed E-state index contributed by atoms with van der Waals surface area (Å²) in [7, 11) is -4.15. The van der Waals surface area contributed by atoms with E-state index in [0.717, 1.165) is 45.1 Å². The number of carbonyl (C=O) groups is 1. The SMILES string of the molecule is Cc1ccc(Cl)c2sc(N(CC3CCCO3)C(=O)C3CCN(S(=O)(=O)c4ccc(F)cc4F)CC3)nc12. The third-order valence-corrected chi connectivity index (χ3v) is 10.4. The Bertz CT molecular complexity index is 1400. The van der Waals surface area contributed by atoms with E-state index in [1.54, 1.807) is 4.90 Å². The molecule has 0 aliphatic carbocycles. The van der Waals surface area contributed by atoms with Gasteiger partial charge in [0.2, 0.25) is 15.9 Å². The summed E-state index contributed by atoms with van der Waals surface area (Å²) >= 11 is 7.76. The average molecular weight is 570 g/mol. The lowest BCUT2D eigenvalue weighted by atomic mass is 9.96. The van der Waals surface area contributed by atoms with Gasteiger partial charge in [0, 0.05) is 31.7 Å². The highest BCUT2D eigenvalue weighted by molar-refractivity contribution is 7.89. The van der Waals surface area contributed by atoms with Gasteiger partial charge in [-0.05, 0) is 56.4 Å². The molecule has 0 radical (unpaired) electrons. The lowest BCUT2D eigenvalue weighted by Crippen LogP contribution is -2.46. The Hall–Kier alpha value is -2.18. The lowest BCUT2D eigenvalue weighted by Gasteiger charge is -2.33. The van der Waals surface area contributed by atoms with Gasteiger partial charge in [-0.1, -0.05) is 29.0 Å². The largest absolute Gasteiger partial charge is 0.376 e. The van der Waals surface area contributed by atoms with Crippen LogP contribution in [-0.2, 0) is 19.6 Å². The zero-order chi connectivity index (χ0) is 26.3. The quantitative estimate of drug-likeness (QED) is 0.410. The van der Waals surface area contributed by atoms with Crippen molar-refractivity contribution in [1.29, 1.82) is 0 Å². The van der Waals surface area contributed by atoms with Gasteiger partial charge in [0.1, 0.15) is 16.5 Å². The summed E-state index contributed by atoms with van der Waals surface area (Å²) in [6.45, 7) is 3.04. The average Bonchev–Trinajstić information content (AvgIpc) is 3.55. The summed E-state index contributed by atoms with van der Waals surface area (Å²) in [4.78, 5) is 19.6. The molecule has 3 heterocycles. The molecule has 2 aliphatic heterocycles. The Labute approximate surface area is 223 Å². The van der Waals surface area contributed by atoms with Crippen LogP contribution in [0.2, 0.25) is 5.02 Å². The number of piperidine rings is 1. The maximum atomic E-state index is 14.2. The van der Waals surface area contributed by atoms with Crippen molar-refractivity contribution in [2.45, 2.75) is 43.6 Å². The molecule has 2 fully saturated rings. The van der Waals surface area contributed by atoms with Gasteiger partial charge in [-0.25, -0.2) is 22.2 Å². The Morgan fingerprint density at radius 3 is 2.62 bits per heavy atom. The molecule has 1 amide bonds. The predicted molar refractivity (Wildman–Crippen MR) is 139 cm³/mol. The van der Waals surface area contributed by atoms with E-state index in [9.17, 15) is 22.0 Å². The van der Waals surface area contributed by atoms with Gasteiger partial charge in [0.15, 0.2) is 5.13 Å². The summed E-state index contributed by atoms with van der Waals surface area (Å²) in [6, 6.07) is 6.11. The van der Waals surface area contributed by atoms with Gasteiger partial charge < -0.3 is 4.74 Å². The fourth-order valence-electron chi connectivity index (χ4n) is 4.85. The van der Waals surface area contributed by atoms with Crippen molar-refractivity contribution in [1.82, 2.24) is 9.29 Å². The number of amides is 1. The molecule has 198 valence electrons. The second-order valence-corrected chi connectivity index (χ2v) is 12.7. The molecule has 0 spiro atoms. The van der Waals surface area contributed by atoms with Crippen LogP contribution in [0.15, 0.2) is 35.2 Å². The molecule has 0 saturated carbocycles. The fourth-order valence-corrected chi connectivity index (χ4v) is 7.69. The Balaban J connectivity index is 1.37. The Morgan fingerprint density at radius 1 is 1.22 bits per heavy atom. The normalized spacial score (nSPS) is 19.5. The fraction of sp³-hybridized carbons (Fsp3) is 0.440. The molecule has 2 aromatic carbocycles. The summed E-state index contributed by atoms with van der Waals surface area (Å²) < 4.78 is 61.2. The molecular formula is C25H26ClF2N3O4S2. The van der Waals surface area contributed by atoms with Crippen LogP contribution < -0.4 is 4.90 Å². The van der Waals surface area contributed by atoms with Crippen molar-refractivity contribution in [2.75, 3.05) is 31.1 Å². The minimum absolute atomic E-state index is 0.0497. The van der Waals surface area contributed by atoms with Crippen LogP contribution in [0.4, 0.5) is 13.9 Å². The molecule has 2 saturated heterocycles. The molecular weight excluding hydrogens is 544 g/mol. The number of sulfonamides is 1. The van der Waals surface area contributed by atoms with Gasteiger partial charge in [0.25, 0.3) is 0 Å². The first kappa shape index (κ1) is 26.4. The van der Waals surface area contributed by atoms with Crippen molar-refractivity contribution < 1.29 is 26.7 Å². The maximum absolute atomic E-state index is 14.2. The molecule has 12 heteroatoms. The second kappa shape index (κ2) is 10.5. The van der Waals surface area contributed by atoms with E-state index in [0.29, 0.717) is 29.4 Å². The summed E-state index contributed by atoms with van der Waals surface area (Å²) in [6.07, 6.45) is 2.21. The number of aryl methyl sites for hydroxylation is 1. The van der Waals surface area contributed by atoms with Crippen molar-refractivity contribution in [3.8, 4) is 0 Å². The second-order valence-electron chi connectivity index (χ2n) is 9.38. The highest BCUT2D eigenvalue weighted by atomic mass is 35.5. The summed E-state index contributed by atoms with van der Waals surface area (Å²) in [5.41, 5.74) is 1.71. The molecule has 1 unspecified atom stereocenters. The van der Waals surface area contributed by atoms with E-state index < -0.39 is 32.5 Å². The topological polar surface area (TPSA) is 79.8 Å². The summed E-state index contributed by atoms with van der Waals surface area (Å²) in [5.74, 6) is -2.56. The Kier molecular flexibility index (Phi) is 7.52. The number of hydrogen-bond acceptors (Lipinski definition) is 6.